The fraction of sp³-hybridized carbons (Fsp3) is 0.111. The second-order valence-electron chi connectivity index (χ2n) is 2.29. The number of rotatable bonds is 4. The summed E-state index contributed by atoms with van der Waals surface area (Å²) in [6.07, 6.45) is 1.43. The van der Waals surface area contributed by atoms with Gasteiger partial charge in [0.15, 0.2) is 6.61 Å². The fourth-order valence-corrected chi connectivity index (χ4v) is 0.727. The lowest BCUT2D eigenvalue weighted by Crippen LogP contribution is -2.26. The SMILES string of the molecule is O=C([O-])CO/N=C\c1ccccc1. The number of aliphatic carboxylic acids is 1. The van der Waals surface area contributed by atoms with Crippen molar-refractivity contribution in [3.8, 4) is 0 Å². The number of benzene rings is 1. The molecule has 0 aliphatic rings. The Kier molecular flexibility index (Phi) is 3.50. The van der Waals surface area contributed by atoms with Crippen molar-refractivity contribution in [3.05, 3.63) is 35.9 Å². The number of hydrogen-bond donors (Lipinski definition) is 0. The van der Waals surface area contributed by atoms with Gasteiger partial charge in [-0.05, 0) is 5.56 Å². The Labute approximate surface area is 75.4 Å². The zero-order valence-corrected chi connectivity index (χ0v) is 6.84. The Morgan fingerprint density at radius 1 is 1.46 bits per heavy atom. The molecule has 13 heavy (non-hydrogen) atoms. The van der Waals surface area contributed by atoms with Crippen LogP contribution in [-0.2, 0) is 9.63 Å². The largest absolute Gasteiger partial charge is 0.546 e. The van der Waals surface area contributed by atoms with Gasteiger partial charge in [-0.15, -0.1) is 0 Å². The Morgan fingerprint density at radius 2 is 2.15 bits per heavy atom. The zero-order valence-electron chi connectivity index (χ0n) is 6.84. The maximum Gasteiger partial charge on any atom is 0.156 e. The van der Waals surface area contributed by atoms with Crippen LogP contribution in [0.2, 0.25) is 0 Å². The highest BCUT2D eigenvalue weighted by Crippen LogP contribution is 1.93. The summed E-state index contributed by atoms with van der Waals surface area (Å²) in [5.41, 5.74) is 0.848. The lowest BCUT2D eigenvalue weighted by atomic mass is 10.2. The summed E-state index contributed by atoms with van der Waals surface area (Å²) in [6.45, 7) is -0.524. The number of oxime groups is 1. The van der Waals surface area contributed by atoms with E-state index in [9.17, 15) is 9.90 Å². The first-order chi connectivity index (χ1) is 6.29. The second kappa shape index (κ2) is 4.92. The highest BCUT2D eigenvalue weighted by atomic mass is 16.6. The summed E-state index contributed by atoms with van der Waals surface area (Å²) in [5, 5.41) is 13.3. The lowest BCUT2D eigenvalue weighted by molar-refractivity contribution is -0.309. The minimum Gasteiger partial charge on any atom is -0.546 e. The highest BCUT2D eigenvalue weighted by molar-refractivity contribution is 5.78. The number of carboxylic acid groups (broad SMARTS) is 1. The van der Waals surface area contributed by atoms with Crippen molar-refractivity contribution < 1.29 is 14.7 Å². The third kappa shape index (κ3) is 3.91. The van der Waals surface area contributed by atoms with Crippen molar-refractivity contribution in [2.75, 3.05) is 6.61 Å². The van der Waals surface area contributed by atoms with E-state index in [0.717, 1.165) is 5.56 Å². The Bertz CT molecular complexity index is 295. The Hall–Kier alpha value is -1.84. The molecule has 4 nitrogen and oxygen atoms in total. The number of carbonyl (C=O) groups is 1. The summed E-state index contributed by atoms with van der Waals surface area (Å²) < 4.78 is 0. The van der Waals surface area contributed by atoms with Crippen molar-refractivity contribution in [2.45, 2.75) is 0 Å². The Balaban J connectivity index is 2.37. The van der Waals surface area contributed by atoms with E-state index in [4.69, 9.17) is 0 Å². The van der Waals surface area contributed by atoms with Gasteiger partial charge in [0.05, 0.1) is 12.2 Å². The van der Waals surface area contributed by atoms with E-state index in [2.05, 4.69) is 9.99 Å². The van der Waals surface area contributed by atoms with Crippen molar-refractivity contribution in [3.63, 3.8) is 0 Å². The third-order valence-electron chi connectivity index (χ3n) is 1.26. The molecule has 0 N–H and O–H groups in total. The molecule has 0 fully saturated rings. The molecule has 0 radical (unpaired) electrons. The second-order valence-corrected chi connectivity index (χ2v) is 2.29. The van der Waals surface area contributed by atoms with E-state index >= 15 is 0 Å². The topological polar surface area (TPSA) is 61.7 Å². The first-order valence-corrected chi connectivity index (χ1v) is 3.69. The molecule has 4 heteroatoms. The first-order valence-electron chi connectivity index (χ1n) is 3.69. The molecule has 0 unspecified atom stereocenters. The maximum absolute atomic E-state index is 9.90. The molecule has 1 aromatic rings. The summed E-state index contributed by atoms with van der Waals surface area (Å²) in [7, 11) is 0. The molecule has 0 aromatic heterocycles. The summed E-state index contributed by atoms with van der Waals surface area (Å²) in [6, 6.07) is 9.22. The predicted molar refractivity (Wildman–Crippen MR) is 45.0 cm³/mol. The van der Waals surface area contributed by atoms with E-state index in [1.54, 1.807) is 0 Å². The number of hydrogen-bond acceptors (Lipinski definition) is 4. The molecular weight excluding hydrogens is 170 g/mol. The van der Waals surface area contributed by atoms with E-state index in [0.29, 0.717) is 0 Å². The standard InChI is InChI=1S/C9H9NO3/c11-9(12)7-13-10-6-8-4-2-1-3-5-8/h1-6H,7H2,(H,11,12)/p-1/b10-6-. The molecule has 0 bridgehead atoms. The summed E-state index contributed by atoms with van der Waals surface area (Å²) in [5.74, 6) is -1.29. The van der Waals surface area contributed by atoms with E-state index in [1.807, 2.05) is 30.3 Å². The van der Waals surface area contributed by atoms with Crippen LogP contribution in [0.3, 0.4) is 0 Å². The molecule has 68 valence electrons. The molecule has 0 saturated carbocycles. The van der Waals surface area contributed by atoms with Crippen molar-refractivity contribution in [1.29, 1.82) is 0 Å². The van der Waals surface area contributed by atoms with Gasteiger partial charge in [-0.1, -0.05) is 35.5 Å². The molecule has 0 aliphatic carbocycles. The van der Waals surface area contributed by atoms with Gasteiger partial charge in [-0.25, -0.2) is 0 Å². The first kappa shape index (κ1) is 9.25. The monoisotopic (exact) mass is 178 g/mol. The van der Waals surface area contributed by atoms with Crippen LogP contribution in [0.15, 0.2) is 35.5 Å². The van der Waals surface area contributed by atoms with Crippen LogP contribution in [0.4, 0.5) is 0 Å². The van der Waals surface area contributed by atoms with Gasteiger partial charge < -0.3 is 14.7 Å². The van der Waals surface area contributed by atoms with Crippen LogP contribution in [0.1, 0.15) is 5.56 Å². The molecular formula is C9H8NO3-. The van der Waals surface area contributed by atoms with Crippen LogP contribution < -0.4 is 5.11 Å². The molecule has 0 atom stereocenters. The number of carbonyl (C=O) groups excluding carboxylic acids is 1. The van der Waals surface area contributed by atoms with E-state index in [-0.39, 0.29) is 0 Å². The minimum atomic E-state index is -1.29. The van der Waals surface area contributed by atoms with Crippen LogP contribution in [0.5, 0.6) is 0 Å². The van der Waals surface area contributed by atoms with Gasteiger partial charge in [-0.3, -0.25) is 0 Å². The van der Waals surface area contributed by atoms with Crippen LogP contribution in [0, 0.1) is 0 Å². The predicted octanol–water partition coefficient (Wildman–Crippen LogP) is -0.213. The molecule has 0 spiro atoms. The molecule has 0 heterocycles. The van der Waals surface area contributed by atoms with Gasteiger partial charge >= 0.3 is 0 Å². The van der Waals surface area contributed by atoms with E-state index < -0.39 is 12.6 Å². The average Bonchev–Trinajstić information content (AvgIpc) is 2.14. The van der Waals surface area contributed by atoms with Crippen LogP contribution in [0.25, 0.3) is 0 Å². The fourth-order valence-electron chi connectivity index (χ4n) is 0.727. The quantitative estimate of drug-likeness (QED) is 0.473. The van der Waals surface area contributed by atoms with Gasteiger partial charge in [0.1, 0.15) is 0 Å². The minimum absolute atomic E-state index is 0.524. The smallest absolute Gasteiger partial charge is 0.156 e. The average molecular weight is 178 g/mol. The van der Waals surface area contributed by atoms with Crippen molar-refractivity contribution in [1.82, 2.24) is 0 Å². The number of nitrogens with zero attached hydrogens (tertiary/aromatic N) is 1. The zero-order chi connectivity index (χ0) is 9.52. The normalized spacial score (nSPS) is 10.2. The molecule has 0 saturated heterocycles. The van der Waals surface area contributed by atoms with Crippen LogP contribution in [-0.4, -0.2) is 18.8 Å². The van der Waals surface area contributed by atoms with Gasteiger partial charge in [0.25, 0.3) is 0 Å². The molecule has 0 amide bonds. The highest BCUT2D eigenvalue weighted by Gasteiger charge is 1.84. The molecule has 1 aromatic carbocycles. The summed E-state index contributed by atoms with van der Waals surface area (Å²) in [4.78, 5) is 14.3. The third-order valence-corrected chi connectivity index (χ3v) is 1.26. The molecule has 0 aliphatic heterocycles. The van der Waals surface area contributed by atoms with Gasteiger partial charge in [0, 0.05) is 0 Å². The lowest BCUT2D eigenvalue weighted by Gasteiger charge is -1.98. The summed E-state index contributed by atoms with van der Waals surface area (Å²) >= 11 is 0. The van der Waals surface area contributed by atoms with E-state index in [1.165, 1.54) is 6.21 Å². The van der Waals surface area contributed by atoms with Crippen molar-refractivity contribution >= 4 is 12.2 Å². The molecule has 1 rings (SSSR count). The van der Waals surface area contributed by atoms with Crippen LogP contribution >= 0.6 is 0 Å². The maximum atomic E-state index is 9.90. The Morgan fingerprint density at radius 3 is 2.77 bits per heavy atom. The van der Waals surface area contributed by atoms with Gasteiger partial charge in [-0.2, -0.15) is 0 Å². The number of carboxylic acids is 1. The van der Waals surface area contributed by atoms with Crippen molar-refractivity contribution in [2.24, 2.45) is 5.16 Å². The van der Waals surface area contributed by atoms with Gasteiger partial charge in [0.2, 0.25) is 0 Å².